The molecule has 150 valence electrons. The Kier molecular flexibility index (Phi) is 6.73. The van der Waals surface area contributed by atoms with Crippen LogP contribution in [0.4, 0.5) is 0 Å². The van der Waals surface area contributed by atoms with E-state index in [2.05, 4.69) is 0 Å². The lowest BCUT2D eigenvalue weighted by Crippen LogP contribution is -2.46. The molecular formula is C19H28N2O5S. The zero-order valence-corrected chi connectivity index (χ0v) is 16.6. The van der Waals surface area contributed by atoms with Crippen LogP contribution in [0.25, 0.3) is 0 Å². The van der Waals surface area contributed by atoms with Crippen LogP contribution in [0.1, 0.15) is 32.6 Å². The molecule has 27 heavy (non-hydrogen) atoms. The highest BCUT2D eigenvalue weighted by molar-refractivity contribution is 7.89. The minimum absolute atomic E-state index is 0.0837. The predicted molar refractivity (Wildman–Crippen MR) is 101 cm³/mol. The van der Waals surface area contributed by atoms with Gasteiger partial charge in [0, 0.05) is 26.2 Å². The molecule has 0 saturated carbocycles. The van der Waals surface area contributed by atoms with E-state index in [0.717, 1.165) is 25.7 Å². The van der Waals surface area contributed by atoms with Gasteiger partial charge in [0.1, 0.15) is 5.75 Å². The molecule has 1 amide bonds. The molecule has 2 aliphatic rings. The second kappa shape index (κ2) is 9.03. The van der Waals surface area contributed by atoms with Crippen LogP contribution in [0.2, 0.25) is 0 Å². The standard InChI is InChI=1S/C19H28N2O5S/c1-16(19(22)20-12-14-25-15-13-20)26-17-6-8-18(9-7-17)27(23,24)21-10-4-2-3-5-11-21/h6-9,16H,2-5,10-15H2,1H3/t16-/m1/s1. The number of morpholine rings is 1. The molecule has 0 spiro atoms. The van der Waals surface area contributed by atoms with E-state index in [1.54, 1.807) is 40.4 Å². The molecule has 1 aromatic rings. The first kappa shape index (κ1) is 20.1. The van der Waals surface area contributed by atoms with Gasteiger partial charge in [-0.1, -0.05) is 12.8 Å². The molecule has 0 aromatic heterocycles. The number of amides is 1. The molecule has 2 aliphatic heterocycles. The van der Waals surface area contributed by atoms with Gasteiger partial charge in [0.25, 0.3) is 5.91 Å². The highest BCUT2D eigenvalue weighted by Gasteiger charge is 2.26. The number of hydrogen-bond donors (Lipinski definition) is 0. The van der Waals surface area contributed by atoms with E-state index in [4.69, 9.17) is 9.47 Å². The molecular weight excluding hydrogens is 368 g/mol. The molecule has 1 atom stereocenters. The third-order valence-corrected chi connectivity index (χ3v) is 6.92. The van der Waals surface area contributed by atoms with E-state index in [0.29, 0.717) is 45.1 Å². The van der Waals surface area contributed by atoms with Crippen molar-refractivity contribution in [1.29, 1.82) is 0 Å². The van der Waals surface area contributed by atoms with Gasteiger partial charge in [0.15, 0.2) is 6.10 Å². The van der Waals surface area contributed by atoms with Gasteiger partial charge >= 0.3 is 0 Å². The maximum Gasteiger partial charge on any atom is 0.263 e. The molecule has 7 nitrogen and oxygen atoms in total. The summed E-state index contributed by atoms with van der Waals surface area (Å²) in [6.07, 6.45) is 3.33. The zero-order valence-electron chi connectivity index (χ0n) is 15.8. The summed E-state index contributed by atoms with van der Waals surface area (Å²) in [7, 11) is -3.48. The van der Waals surface area contributed by atoms with Crippen molar-refractivity contribution in [1.82, 2.24) is 9.21 Å². The van der Waals surface area contributed by atoms with Crippen molar-refractivity contribution >= 4 is 15.9 Å². The van der Waals surface area contributed by atoms with Crippen molar-refractivity contribution in [3.05, 3.63) is 24.3 Å². The van der Waals surface area contributed by atoms with Crippen LogP contribution in [-0.4, -0.2) is 69.0 Å². The van der Waals surface area contributed by atoms with Gasteiger partial charge in [0.05, 0.1) is 18.1 Å². The molecule has 2 saturated heterocycles. The number of benzene rings is 1. The molecule has 0 unspecified atom stereocenters. The Hall–Kier alpha value is -1.64. The van der Waals surface area contributed by atoms with Gasteiger partial charge in [-0.05, 0) is 44.0 Å². The lowest BCUT2D eigenvalue weighted by Gasteiger charge is -2.29. The topological polar surface area (TPSA) is 76.2 Å². The van der Waals surface area contributed by atoms with E-state index in [1.807, 2.05) is 0 Å². The minimum atomic E-state index is -3.48. The molecule has 3 rings (SSSR count). The number of nitrogens with zero attached hydrogens (tertiary/aromatic N) is 2. The lowest BCUT2D eigenvalue weighted by atomic mass is 10.2. The summed E-state index contributed by atoms with van der Waals surface area (Å²) >= 11 is 0. The number of rotatable bonds is 5. The Morgan fingerprint density at radius 2 is 1.59 bits per heavy atom. The summed E-state index contributed by atoms with van der Waals surface area (Å²) < 4.78 is 38.1. The summed E-state index contributed by atoms with van der Waals surface area (Å²) in [5.74, 6) is 0.401. The van der Waals surface area contributed by atoms with Crippen LogP contribution in [-0.2, 0) is 19.6 Å². The SMILES string of the molecule is C[C@@H](Oc1ccc(S(=O)(=O)N2CCCCCC2)cc1)C(=O)N1CCOCC1. The van der Waals surface area contributed by atoms with Crippen molar-refractivity contribution in [2.45, 2.75) is 43.6 Å². The summed E-state index contributed by atoms with van der Waals surface area (Å²) in [6, 6.07) is 6.35. The van der Waals surface area contributed by atoms with E-state index in [-0.39, 0.29) is 10.8 Å². The maximum atomic E-state index is 12.8. The van der Waals surface area contributed by atoms with Crippen molar-refractivity contribution in [3.63, 3.8) is 0 Å². The van der Waals surface area contributed by atoms with Crippen LogP contribution in [0.3, 0.4) is 0 Å². The largest absolute Gasteiger partial charge is 0.481 e. The van der Waals surface area contributed by atoms with Crippen LogP contribution in [0.5, 0.6) is 5.75 Å². The van der Waals surface area contributed by atoms with Crippen molar-refractivity contribution in [2.24, 2.45) is 0 Å². The average Bonchev–Trinajstić information content (AvgIpc) is 2.98. The van der Waals surface area contributed by atoms with Crippen molar-refractivity contribution < 1.29 is 22.7 Å². The van der Waals surface area contributed by atoms with E-state index in [1.165, 1.54) is 0 Å². The molecule has 0 radical (unpaired) electrons. The van der Waals surface area contributed by atoms with Crippen LogP contribution >= 0.6 is 0 Å². The second-order valence-electron chi connectivity index (χ2n) is 6.99. The van der Waals surface area contributed by atoms with Gasteiger partial charge in [-0.15, -0.1) is 0 Å². The third-order valence-electron chi connectivity index (χ3n) is 5.01. The van der Waals surface area contributed by atoms with E-state index >= 15 is 0 Å². The second-order valence-corrected chi connectivity index (χ2v) is 8.93. The smallest absolute Gasteiger partial charge is 0.263 e. The Labute approximate surface area is 161 Å². The Morgan fingerprint density at radius 3 is 2.19 bits per heavy atom. The van der Waals surface area contributed by atoms with Crippen molar-refractivity contribution in [2.75, 3.05) is 39.4 Å². The highest BCUT2D eigenvalue weighted by Crippen LogP contribution is 2.23. The first-order chi connectivity index (χ1) is 13.0. The van der Waals surface area contributed by atoms with Crippen LogP contribution in [0, 0.1) is 0 Å². The zero-order chi connectivity index (χ0) is 19.3. The molecule has 8 heteroatoms. The number of carbonyl (C=O) groups is 1. The van der Waals surface area contributed by atoms with E-state index in [9.17, 15) is 13.2 Å². The average molecular weight is 397 g/mol. The molecule has 0 aliphatic carbocycles. The highest BCUT2D eigenvalue weighted by atomic mass is 32.2. The number of ether oxygens (including phenoxy) is 2. The molecule has 1 aromatic carbocycles. The van der Waals surface area contributed by atoms with Crippen LogP contribution < -0.4 is 4.74 Å². The maximum absolute atomic E-state index is 12.8. The summed E-state index contributed by atoms with van der Waals surface area (Å²) in [5.41, 5.74) is 0. The minimum Gasteiger partial charge on any atom is -0.481 e. The molecule has 2 fully saturated rings. The fourth-order valence-corrected chi connectivity index (χ4v) is 4.93. The third kappa shape index (κ3) is 5.00. The molecule has 0 N–H and O–H groups in total. The molecule has 2 heterocycles. The van der Waals surface area contributed by atoms with E-state index < -0.39 is 16.1 Å². The number of carbonyl (C=O) groups excluding carboxylic acids is 1. The van der Waals surface area contributed by atoms with Gasteiger partial charge < -0.3 is 14.4 Å². The van der Waals surface area contributed by atoms with Gasteiger partial charge in [-0.2, -0.15) is 4.31 Å². The van der Waals surface area contributed by atoms with Gasteiger partial charge in [-0.3, -0.25) is 4.79 Å². The lowest BCUT2D eigenvalue weighted by molar-refractivity contribution is -0.142. The predicted octanol–water partition coefficient (Wildman–Crippen LogP) is 1.88. The first-order valence-electron chi connectivity index (χ1n) is 9.62. The quantitative estimate of drug-likeness (QED) is 0.760. The molecule has 0 bridgehead atoms. The van der Waals surface area contributed by atoms with Crippen molar-refractivity contribution in [3.8, 4) is 5.75 Å². The van der Waals surface area contributed by atoms with Crippen LogP contribution in [0.15, 0.2) is 29.2 Å². The van der Waals surface area contributed by atoms with Gasteiger partial charge in [-0.25, -0.2) is 8.42 Å². The Balaban J connectivity index is 1.63. The Morgan fingerprint density at radius 1 is 1.00 bits per heavy atom. The summed E-state index contributed by atoms with van der Waals surface area (Å²) in [5, 5.41) is 0. The fraction of sp³-hybridized carbons (Fsp3) is 0.632. The number of sulfonamides is 1. The number of hydrogen-bond acceptors (Lipinski definition) is 5. The van der Waals surface area contributed by atoms with Gasteiger partial charge in [0.2, 0.25) is 10.0 Å². The summed E-state index contributed by atoms with van der Waals surface area (Å²) in [4.78, 5) is 14.4. The monoisotopic (exact) mass is 396 g/mol. The fourth-order valence-electron chi connectivity index (χ4n) is 3.42. The first-order valence-corrected chi connectivity index (χ1v) is 11.1. The normalized spacial score (nSPS) is 20.7. The summed E-state index contributed by atoms with van der Waals surface area (Å²) in [6.45, 7) is 5.08. The Bertz CT molecular complexity index is 721.